The first kappa shape index (κ1) is 7.76. The van der Waals surface area contributed by atoms with Crippen molar-refractivity contribution in [1.29, 1.82) is 0 Å². The molecule has 0 aliphatic heterocycles. The van der Waals surface area contributed by atoms with Gasteiger partial charge in [-0.05, 0) is 20.8 Å². The van der Waals surface area contributed by atoms with Gasteiger partial charge in [0, 0.05) is 6.42 Å². The van der Waals surface area contributed by atoms with Gasteiger partial charge in [0.25, 0.3) is 0 Å². The molecule has 0 amide bonds. The van der Waals surface area contributed by atoms with E-state index in [1.807, 2.05) is 0 Å². The topological polar surface area (TPSA) is 66.8 Å². The zero-order valence-corrected chi connectivity index (χ0v) is 8.13. The van der Waals surface area contributed by atoms with Crippen LogP contribution >= 0.6 is 0 Å². The first-order valence-corrected chi connectivity index (χ1v) is 4.00. The predicted octanol–water partition coefficient (Wildman–Crippen LogP) is 0.319. The van der Waals surface area contributed by atoms with E-state index >= 15 is 0 Å². The maximum atomic E-state index is 11.3. The van der Waals surface area contributed by atoms with E-state index in [9.17, 15) is 9.90 Å². The molecule has 0 aromatic heterocycles. The van der Waals surface area contributed by atoms with E-state index in [0.29, 0.717) is 0 Å². The molecule has 0 aliphatic rings. The standard InChI is InChI=1S/C9H18O4/c1-9(2,3)8(12)13-5-4-7(11)6-10/h7,10-11H,4-6H2,1-3H3/t7-/m0/s1/i6D2,7D. The minimum absolute atomic E-state index is 0.323. The molecule has 1 atom stereocenters. The van der Waals surface area contributed by atoms with Gasteiger partial charge in [-0.25, -0.2) is 0 Å². The van der Waals surface area contributed by atoms with Crippen LogP contribution in [0.5, 0.6) is 0 Å². The van der Waals surface area contributed by atoms with Gasteiger partial charge in [0.15, 0.2) is 0 Å². The van der Waals surface area contributed by atoms with Gasteiger partial charge in [-0.15, -0.1) is 0 Å². The maximum absolute atomic E-state index is 11.3. The zero-order valence-electron chi connectivity index (χ0n) is 11.1. The molecule has 0 aromatic rings. The maximum Gasteiger partial charge on any atom is 0.311 e. The molecule has 0 bridgehead atoms. The summed E-state index contributed by atoms with van der Waals surface area (Å²) in [5.74, 6) is -0.512. The Morgan fingerprint density at radius 1 is 1.69 bits per heavy atom. The number of esters is 1. The number of hydrogen-bond acceptors (Lipinski definition) is 4. The Bertz CT molecular complexity index is 252. The molecule has 0 radical (unpaired) electrons. The molecular formula is C9H18O4. The molecule has 0 unspecified atom stereocenters. The van der Waals surface area contributed by atoms with E-state index < -0.39 is 30.4 Å². The van der Waals surface area contributed by atoms with Crippen LogP contribution in [0.3, 0.4) is 0 Å². The first-order chi connectivity index (χ1) is 6.88. The second kappa shape index (κ2) is 5.19. The third-order valence-electron chi connectivity index (χ3n) is 1.31. The molecule has 0 heterocycles. The number of hydrogen-bond donors (Lipinski definition) is 2. The highest BCUT2D eigenvalue weighted by molar-refractivity contribution is 5.75. The van der Waals surface area contributed by atoms with Gasteiger partial charge in [-0.1, -0.05) is 0 Å². The average molecular weight is 193 g/mol. The normalized spacial score (nSPS) is 20.8. The lowest BCUT2D eigenvalue weighted by atomic mass is 9.97. The molecule has 4 heteroatoms. The van der Waals surface area contributed by atoms with E-state index in [2.05, 4.69) is 0 Å². The summed E-state index contributed by atoms with van der Waals surface area (Å²) < 4.78 is 25.4. The number of carbonyl (C=O) groups is 1. The molecule has 0 saturated heterocycles. The average Bonchev–Trinajstić information content (AvgIpc) is 1.99. The Hall–Kier alpha value is -0.610. The number of aliphatic hydroxyl groups is 2. The fraction of sp³-hybridized carbons (Fsp3) is 0.889. The van der Waals surface area contributed by atoms with Crippen LogP contribution in [0.25, 0.3) is 0 Å². The predicted molar refractivity (Wildman–Crippen MR) is 48.1 cm³/mol. The van der Waals surface area contributed by atoms with Crippen molar-refractivity contribution in [2.45, 2.75) is 33.3 Å². The van der Waals surface area contributed by atoms with E-state index in [1.54, 1.807) is 20.8 Å². The highest BCUT2D eigenvalue weighted by Gasteiger charge is 2.22. The van der Waals surface area contributed by atoms with Crippen molar-refractivity contribution in [3.05, 3.63) is 0 Å². The van der Waals surface area contributed by atoms with Gasteiger partial charge in [-0.2, -0.15) is 0 Å². The van der Waals surface area contributed by atoms with Gasteiger partial charge in [0.2, 0.25) is 0 Å². The Morgan fingerprint density at radius 2 is 2.23 bits per heavy atom. The van der Waals surface area contributed by atoms with Crippen LogP contribution in [-0.4, -0.2) is 35.4 Å². The minimum atomic E-state index is -3.05. The molecular weight excluding hydrogens is 172 g/mol. The third kappa shape index (κ3) is 5.60. The Morgan fingerprint density at radius 3 is 2.62 bits per heavy atom. The molecule has 0 aromatic carbocycles. The van der Waals surface area contributed by atoms with Gasteiger partial charge in [0.1, 0.15) is 0 Å². The monoisotopic (exact) mass is 193 g/mol. The molecule has 13 heavy (non-hydrogen) atoms. The number of carbonyl (C=O) groups excluding carboxylic acids is 1. The summed E-state index contributed by atoms with van der Waals surface area (Å²) >= 11 is 0. The smallest absolute Gasteiger partial charge is 0.311 e. The van der Waals surface area contributed by atoms with Crippen molar-refractivity contribution >= 4 is 5.97 Å². The van der Waals surface area contributed by atoms with Crippen molar-refractivity contribution in [3.63, 3.8) is 0 Å². The lowest BCUT2D eigenvalue weighted by molar-refractivity contribution is -0.153. The molecule has 4 nitrogen and oxygen atoms in total. The van der Waals surface area contributed by atoms with E-state index in [-0.39, 0.29) is 6.61 Å². The van der Waals surface area contributed by atoms with Crippen molar-refractivity contribution in [1.82, 2.24) is 0 Å². The summed E-state index contributed by atoms with van der Waals surface area (Å²) in [6.45, 7) is 1.56. The Kier molecular flexibility index (Phi) is 3.10. The van der Waals surface area contributed by atoms with Crippen molar-refractivity contribution in [3.8, 4) is 0 Å². The minimum Gasteiger partial charge on any atom is -0.465 e. The van der Waals surface area contributed by atoms with Gasteiger partial charge >= 0.3 is 5.97 Å². The summed E-state index contributed by atoms with van der Waals surface area (Å²) in [6.07, 6.45) is -3.19. The lowest BCUT2D eigenvalue weighted by Crippen LogP contribution is -2.25. The fourth-order valence-electron chi connectivity index (χ4n) is 0.513. The largest absolute Gasteiger partial charge is 0.465 e. The van der Waals surface area contributed by atoms with Crippen molar-refractivity contribution < 1.29 is 23.9 Å². The van der Waals surface area contributed by atoms with Gasteiger partial charge < -0.3 is 14.9 Å². The number of rotatable bonds is 4. The summed E-state index contributed by atoms with van der Waals surface area (Å²) in [6, 6.07) is 0. The Balaban J connectivity index is 4.15. The van der Waals surface area contributed by atoms with Crippen LogP contribution < -0.4 is 0 Å². The molecule has 2 N–H and O–H groups in total. The molecule has 0 saturated carbocycles. The zero-order chi connectivity index (χ0) is 13.2. The summed E-state index contributed by atoms with van der Waals surface area (Å²) in [4.78, 5) is 11.3. The van der Waals surface area contributed by atoms with E-state index in [1.165, 1.54) is 0 Å². The quantitative estimate of drug-likeness (QED) is 0.631. The number of ether oxygens (including phenoxy) is 1. The molecule has 0 rings (SSSR count). The van der Waals surface area contributed by atoms with Crippen LogP contribution in [0.15, 0.2) is 0 Å². The summed E-state index contributed by atoms with van der Waals surface area (Å²) in [5.41, 5.74) is -0.696. The molecule has 0 aliphatic carbocycles. The molecule has 0 fully saturated rings. The first-order valence-electron chi connectivity index (χ1n) is 5.50. The van der Waals surface area contributed by atoms with Gasteiger partial charge in [-0.3, -0.25) is 4.79 Å². The van der Waals surface area contributed by atoms with Crippen molar-refractivity contribution in [2.75, 3.05) is 13.2 Å². The highest BCUT2D eigenvalue weighted by atomic mass is 16.5. The molecule has 78 valence electrons. The SMILES string of the molecule is [2H]C([2H])(O)[C@@]([2H])(O)CCOC(=O)C(C)(C)C. The fourth-order valence-corrected chi connectivity index (χ4v) is 0.513. The van der Waals surface area contributed by atoms with E-state index in [0.717, 1.165) is 0 Å². The Labute approximate surface area is 82.7 Å². The third-order valence-corrected chi connectivity index (χ3v) is 1.31. The summed E-state index contributed by atoms with van der Waals surface area (Å²) in [7, 11) is 0. The van der Waals surface area contributed by atoms with E-state index in [4.69, 9.17) is 14.0 Å². The van der Waals surface area contributed by atoms with Crippen LogP contribution in [0.2, 0.25) is 0 Å². The second-order valence-electron chi connectivity index (χ2n) is 3.69. The van der Waals surface area contributed by atoms with Crippen LogP contribution in [0.4, 0.5) is 0 Å². The van der Waals surface area contributed by atoms with Crippen molar-refractivity contribution in [2.24, 2.45) is 5.41 Å². The highest BCUT2D eigenvalue weighted by Crippen LogP contribution is 2.15. The van der Waals surface area contributed by atoms with Crippen LogP contribution in [-0.2, 0) is 9.53 Å². The van der Waals surface area contributed by atoms with Crippen LogP contribution in [0, 0.1) is 5.41 Å². The lowest BCUT2D eigenvalue weighted by Gasteiger charge is -2.17. The summed E-state index contributed by atoms with van der Waals surface area (Å²) in [5, 5.41) is 18.0. The molecule has 0 spiro atoms. The van der Waals surface area contributed by atoms with Gasteiger partial charge in [0.05, 0.1) is 28.8 Å². The second-order valence-corrected chi connectivity index (χ2v) is 3.69. The van der Waals surface area contributed by atoms with Crippen LogP contribution in [0.1, 0.15) is 31.3 Å².